The van der Waals surface area contributed by atoms with Crippen LogP contribution in [0.25, 0.3) is 5.65 Å². The Morgan fingerprint density at radius 3 is 2.54 bits per heavy atom. The van der Waals surface area contributed by atoms with Gasteiger partial charge >= 0.3 is 0 Å². The fourth-order valence-corrected chi connectivity index (χ4v) is 9.73. The Hall–Kier alpha value is -6.12. The maximum absolute atomic E-state index is 16.2. The molecule has 15 nitrogen and oxygen atoms in total. The van der Waals surface area contributed by atoms with Gasteiger partial charge in [-0.25, -0.2) is 18.3 Å². The average Bonchev–Trinajstić information content (AvgIpc) is 3.80. The number of nitrogens with one attached hydrogen (secondary N) is 3. The van der Waals surface area contributed by atoms with Crippen molar-refractivity contribution in [2.45, 2.75) is 82.0 Å². The lowest BCUT2D eigenvalue weighted by Crippen LogP contribution is -2.59. The van der Waals surface area contributed by atoms with Gasteiger partial charge in [-0.1, -0.05) is 30.0 Å². The number of alkyl halides is 2. The first-order valence-electron chi connectivity index (χ1n) is 21.9. The lowest BCUT2D eigenvalue weighted by molar-refractivity contribution is -0.134. The number of amides is 4. The van der Waals surface area contributed by atoms with Crippen LogP contribution in [0.2, 0.25) is 0 Å². The summed E-state index contributed by atoms with van der Waals surface area (Å²) in [6.45, 7) is 2.35. The minimum atomic E-state index is -2.90. The summed E-state index contributed by atoms with van der Waals surface area (Å²) in [5.74, 6) is 3.53. The fourth-order valence-electron chi connectivity index (χ4n) is 9.73. The number of hydrogen-bond acceptors (Lipinski definition) is 11. The van der Waals surface area contributed by atoms with Gasteiger partial charge in [-0.15, -0.1) is 5.10 Å². The van der Waals surface area contributed by atoms with E-state index in [1.807, 2.05) is 59.3 Å². The Bertz CT molecular complexity index is 2510. The molecule has 330 valence electrons. The van der Waals surface area contributed by atoms with E-state index >= 15 is 8.78 Å². The highest BCUT2D eigenvalue weighted by molar-refractivity contribution is 6.02. The third kappa shape index (κ3) is 8.41. The van der Waals surface area contributed by atoms with E-state index in [0.717, 1.165) is 41.8 Å². The number of halogens is 2. The molecule has 0 bridgehead atoms. The van der Waals surface area contributed by atoms with Gasteiger partial charge in [-0.05, 0) is 87.4 Å². The molecule has 2 aromatic carbocycles. The molecule has 0 spiro atoms. The number of piperidine rings is 3. The third-order valence-electron chi connectivity index (χ3n) is 13.3. The first-order valence-corrected chi connectivity index (χ1v) is 21.9. The lowest BCUT2D eigenvalue weighted by atomic mass is 9.91. The van der Waals surface area contributed by atoms with Crippen LogP contribution in [0.1, 0.15) is 72.1 Å². The van der Waals surface area contributed by atoms with Gasteiger partial charge in [0.1, 0.15) is 6.04 Å². The normalized spacial score (nSPS) is 21.6. The number of likely N-dealkylation sites (N-methyl/N-ethyl adjacent to an activating group) is 1. The van der Waals surface area contributed by atoms with Crippen molar-refractivity contribution < 1.29 is 28.0 Å². The molecule has 6 heterocycles. The summed E-state index contributed by atoms with van der Waals surface area (Å²) in [6.07, 6.45) is 7.19. The van der Waals surface area contributed by atoms with Crippen LogP contribution in [0.3, 0.4) is 0 Å². The van der Waals surface area contributed by atoms with Crippen molar-refractivity contribution in [3.8, 4) is 11.8 Å². The molecule has 4 amide bonds. The second-order valence-corrected chi connectivity index (χ2v) is 17.4. The number of fused-ring (bicyclic) bond motifs is 2. The number of imide groups is 1. The molecule has 63 heavy (non-hydrogen) atoms. The Balaban J connectivity index is 0.838. The van der Waals surface area contributed by atoms with Crippen LogP contribution in [0, 0.1) is 17.8 Å². The second kappa shape index (κ2) is 17.2. The lowest BCUT2D eigenvalue weighted by Gasteiger charge is -2.45. The number of imidazole rings is 1. The fraction of sp³-hybridized carbons (Fsp3) is 0.478. The number of likely N-dealkylation sites (tertiary alicyclic amines) is 2. The van der Waals surface area contributed by atoms with Crippen molar-refractivity contribution in [2.24, 2.45) is 5.92 Å². The molecule has 4 aliphatic heterocycles. The highest BCUT2D eigenvalue weighted by Gasteiger charge is 2.48. The standard InChI is InChI=1S/C46H53F2N11O4/c1-49-34-24-40(53-59-38(25-50-43(34)59)45(63)51-32-12-13-32)58-23-18-33-31(7-5-8-35(33)58)26-56-20-19-39(46(47,48)27-56)57-21-16-29(17-22-57)10-11-30-6-4-9-36(42(30)54(2)28-60)55(3)37-14-15-41(61)52-44(37)62/h4-9,24-25,28-29,32,37,39,49H,12-23,26-27H2,1-3H3,(H,51,63)(H,52,61,62). The summed E-state index contributed by atoms with van der Waals surface area (Å²) in [5, 5.41) is 13.5. The molecule has 2 unspecified atom stereocenters. The molecule has 17 heteroatoms. The van der Waals surface area contributed by atoms with Crippen LogP contribution < -0.4 is 30.7 Å². The van der Waals surface area contributed by atoms with Gasteiger partial charge in [0.2, 0.25) is 18.2 Å². The molecule has 2 atom stereocenters. The molecule has 5 aliphatic rings. The van der Waals surface area contributed by atoms with Crippen molar-refractivity contribution >= 4 is 58.3 Å². The van der Waals surface area contributed by atoms with E-state index in [4.69, 9.17) is 5.10 Å². The molecular formula is C46H53F2N11O4. The van der Waals surface area contributed by atoms with Crippen molar-refractivity contribution in [1.82, 2.24) is 35.0 Å². The molecule has 1 saturated carbocycles. The van der Waals surface area contributed by atoms with Crippen molar-refractivity contribution in [2.75, 3.05) is 73.9 Å². The first kappa shape index (κ1) is 42.2. The van der Waals surface area contributed by atoms with E-state index in [0.29, 0.717) is 98.9 Å². The smallest absolute Gasteiger partial charge is 0.275 e. The van der Waals surface area contributed by atoms with Gasteiger partial charge in [0.05, 0.1) is 41.4 Å². The van der Waals surface area contributed by atoms with Gasteiger partial charge in [0.25, 0.3) is 11.8 Å². The SMILES string of the molecule is CNc1cc(N2CCc3c(CN4CCC(N5CCC(C#Cc6cccc(N(C)C7CCC(=O)NC7=O)c6N(C)C=O)CC5)C(F)(F)C4)cccc32)nn2c(C(=O)NC3CC3)cnc12. The predicted molar refractivity (Wildman–Crippen MR) is 235 cm³/mol. The van der Waals surface area contributed by atoms with Crippen molar-refractivity contribution in [3.63, 3.8) is 0 Å². The number of carbonyl (C=O) groups is 4. The van der Waals surface area contributed by atoms with Gasteiger partial charge in [0.15, 0.2) is 17.2 Å². The maximum Gasteiger partial charge on any atom is 0.275 e. The monoisotopic (exact) mass is 861 g/mol. The molecule has 3 saturated heterocycles. The minimum Gasteiger partial charge on any atom is -0.385 e. The Labute approximate surface area is 365 Å². The quantitative estimate of drug-likeness (QED) is 0.113. The summed E-state index contributed by atoms with van der Waals surface area (Å²) < 4.78 is 33.9. The Kier molecular flexibility index (Phi) is 11.5. The predicted octanol–water partition coefficient (Wildman–Crippen LogP) is 4.16. The number of benzene rings is 2. The highest BCUT2D eigenvalue weighted by Crippen LogP contribution is 2.40. The van der Waals surface area contributed by atoms with Crippen molar-refractivity contribution in [1.29, 1.82) is 0 Å². The minimum absolute atomic E-state index is 0.00336. The van der Waals surface area contributed by atoms with Gasteiger partial charge < -0.3 is 25.3 Å². The number of para-hydroxylation sites is 1. The first-order chi connectivity index (χ1) is 30.4. The molecule has 9 rings (SSSR count). The zero-order chi connectivity index (χ0) is 44.0. The molecule has 4 aromatic rings. The van der Waals surface area contributed by atoms with E-state index in [2.05, 4.69) is 37.7 Å². The summed E-state index contributed by atoms with van der Waals surface area (Å²) >= 11 is 0. The van der Waals surface area contributed by atoms with Crippen LogP contribution in [0.4, 0.5) is 37.3 Å². The molecular weight excluding hydrogens is 809 g/mol. The van der Waals surface area contributed by atoms with Gasteiger partial charge in [-0.3, -0.25) is 34.3 Å². The number of aromatic nitrogens is 3. The Morgan fingerprint density at radius 2 is 1.81 bits per heavy atom. The average molecular weight is 862 g/mol. The van der Waals surface area contributed by atoms with E-state index < -0.39 is 18.0 Å². The zero-order valence-corrected chi connectivity index (χ0v) is 35.9. The van der Waals surface area contributed by atoms with Gasteiger partial charge in [-0.2, -0.15) is 0 Å². The summed E-state index contributed by atoms with van der Waals surface area (Å²) in [5.41, 5.74) is 6.64. The van der Waals surface area contributed by atoms with Gasteiger partial charge in [0, 0.05) is 70.9 Å². The number of anilines is 5. The van der Waals surface area contributed by atoms with E-state index in [1.54, 1.807) is 29.7 Å². The summed E-state index contributed by atoms with van der Waals surface area (Å²) in [7, 11) is 5.22. The van der Waals surface area contributed by atoms with E-state index in [-0.39, 0.29) is 42.6 Å². The molecule has 1 aliphatic carbocycles. The number of nitrogens with zero attached hydrogens (tertiary/aromatic N) is 8. The molecule has 4 fully saturated rings. The molecule has 3 N–H and O–H groups in total. The molecule has 0 radical (unpaired) electrons. The van der Waals surface area contributed by atoms with E-state index in [1.165, 1.54) is 4.90 Å². The topological polar surface area (TPSA) is 151 Å². The number of hydrogen-bond donors (Lipinski definition) is 3. The second-order valence-electron chi connectivity index (χ2n) is 17.4. The van der Waals surface area contributed by atoms with Crippen molar-refractivity contribution in [3.05, 3.63) is 71.0 Å². The van der Waals surface area contributed by atoms with Crippen LogP contribution in [-0.4, -0.2) is 126 Å². The van der Waals surface area contributed by atoms with Crippen LogP contribution in [0.5, 0.6) is 0 Å². The van der Waals surface area contributed by atoms with Crippen LogP contribution >= 0.6 is 0 Å². The number of carbonyl (C=O) groups excluding carboxylic acids is 4. The zero-order valence-electron chi connectivity index (χ0n) is 35.9. The van der Waals surface area contributed by atoms with Crippen LogP contribution in [0.15, 0.2) is 48.7 Å². The summed E-state index contributed by atoms with van der Waals surface area (Å²) in [4.78, 5) is 63.2. The highest BCUT2D eigenvalue weighted by atomic mass is 19.3. The molecule has 2 aromatic heterocycles. The largest absolute Gasteiger partial charge is 0.385 e. The van der Waals surface area contributed by atoms with Crippen LogP contribution in [-0.2, 0) is 27.3 Å². The third-order valence-corrected chi connectivity index (χ3v) is 13.3. The number of rotatable bonds is 11. The summed E-state index contributed by atoms with van der Waals surface area (Å²) in [6, 6.07) is 12.3. The maximum atomic E-state index is 16.2. The van der Waals surface area contributed by atoms with E-state index in [9.17, 15) is 19.2 Å². The Morgan fingerprint density at radius 1 is 1.02 bits per heavy atom.